The van der Waals surface area contributed by atoms with E-state index in [-0.39, 0.29) is 30.3 Å². The predicted molar refractivity (Wildman–Crippen MR) is 125 cm³/mol. The Balaban J connectivity index is 1.32. The fraction of sp³-hybridized carbons (Fsp3) is 0.231. The highest BCUT2D eigenvalue weighted by Crippen LogP contribution is 2.16. The van der Waals surface area contributed by atoms with Gasteiger partial charge in [0.15, 0.2) is 0 Å². The van der Waals surface area contributed by atoms with Crippen LogP contribution in [0.1, 0.15) is 34.5 Å². The van der Waals surface area contributed by atoms with Gasteiger partial charge in [0.2, 0.25) is 11.2 Å². The van der Waals surface area contributed by atoms with Crippen LogP contribution in [0.15, 0.2) is 82.5 Å². The number of benzene rings is 2. The summed E-state index contributed by atoms with van der Waals surface area (Å²) < 4.78 is 13.2. The van der Waals surface area contributed by atoms with Gasteiger partial charge in [-0.15, -0.1) is 0 Å². The van der Waals surface area contributed by atoms with Crippen molar-refractivity contribution >= 4 is 16.7 Å². The maximum Gasteiger partial charge on any atom is 0.251 e. The van der Waals surface area contributed by atoms with Gasteiger partial charge in [-0.05, 0) is 41.3 Å². The number of carbonyl (C=O) groups is 1. The number of nitrogens with zero attached hydrogens (tertiary/aromatic N) is 1. The van der Waals surface area contributed by atoms with Crippen molar-refractivity contribution in [2.45, 2.75) is 26.0 Å². The molecule has 7 heteroatoms. The number of aromatic nitrogens is 1. The van der Waals surface area contributed by atoms with Crippen molar-refractivity contribution in [3.05, 3.63) is 100 Å². The number of nitrogens with one attached hydrogen (secondary N) is 1. The highest BCUT2D eigenvalue weighted by molar-refractivity contribution is 5.94. The molecule has 4 aromatic rings. The van der Waals surface area contributed by atoms with Crippen LogP contribution in [0.4, 0.5) is 0 Å². The van der Waals surface area contributed by atoms with Gasteiger partial charge in [0, 0.05) is 37.2 Å². The highest BCUT2D eigenvalue weighted by atomic mass is 16.5. The number of hydrogen-bond donors (Lipinski definition) is 2. The molecule has 0 aliphatic rings. The van der Waals surface area contributed by atoms with Gasteiger partial charge in [-0.2, -0.15) is 0 Å². The second kappa shape index (κ2) is 10.7. The summed E-state index contributed by atoms with van der Waals surface area (Å²) in [5, 5.41) is 13.8. The Morgan fingerprint density at radius 3 is 2.42 bits per heavy atom. The number of carbonyl (C=O) groups excluding carboxylic acids is 1. The van der Waals surface area contributed by atoms with Gasteiger partial charge in [0.05, 0.1) is 6.54 Å². The molecule has 0 bridgehead atoms. The van der Waals surface area contributed by atoms with Crippen molar-refractivity contribution in [3.63, 3.8) is 0 Å². The van der Waals surface area contributed by atoms with E-state index in [1.54, 1.807) is 24.3 Å². The molecule has 33 heavy (non-hydrogen) atoms. The molecule has 0 fully saturated rings. The Hall–Kier alpha value is -3.84. The molecule has 170 valence electrons. The molecule has 0 radical (unpaired) electrons. The van der Waals surface area contributed by atoms with Gasteiger partial charge < -0.3 is 24.1 Å². The number of amides is 1. The second-order valence-electron chi connectivity index (χ2n) is 7.81. The fourth-order valence-electron chi connectivity index (χ4n) is 3.49. The van der Waals surface area contributed by atoms with Crippen LogP contribution in [0.2, 0.25) is 0 Å². The van der Waals surface area contributed by atoms with Crippen LogP contribution in [0.3, 0.4) is 0 Å². The van der Waals surface area contributed by atoms with Gasteiger partial charge >= 0.3 is 0 Å². The van der Waals surface area contributed by atoms with Crippen molar-refractivity contribution in [2.75, 3.05) is 13.2 Å². The maximum absolute atomic E-state index is 12.5. The third-order valence-corrected chi connectivity index (χ3v) is 5.28. The molecule has 0 spiro atoms. The SMILES string of the molecule is O=C(NCCCCO)c1ccc(COc2coc(Cn3cc4ccccc4c3)cc2=O)cc1. The first-order valence-electron chi connectivity index (χ1n) is 10.9. The highest BCUT2D eigenvalue weighted by Gasteiger charge is 2.08. The Labute approximate surface area is 191 Å². The third kappa shape index (κ3) is 5.90. The molecule has 0 atom stereocenters. The largest absolute Gasteiger partial charge is 0.482 e. The lowest BCUT2D eigenvalue weighted by molar-refractivity contribution is 0.0952. The summed E-state index contributed by atoms with van der Waals surface area (Å²) >= 11 is 0. The predicted octanol–water partition coefficient (Wildman–Crippen LogP) is 3.72. The van der Waals surface area contributed by atoms with Crippen molar-refractivity contribution in [1.29, 1.82) is 0 Å². The van der Waals surface area contributed by atoms with Gasteiger partial charge in [-0.1, -0.05) is 36.4 Å². The smallest absolute Gasteiger partial charge is 0.251 e. The molecule has 2 heterocycles. The molecule has 4 rings (SSSR count). The average Bonchev–Trinajstić information content (AvgIpc) is 3.24. The average molecular weight is 447 g/mol. The topological polar surface area (TPSA) is 93.7 Å². The summed E-state index contributed by atoms with van der Waals surface area (Å²) in [5.74, 6) is 0.524. The van der Waals surface area contributed by atoms with Crippen molar-refractivity contribution in [2.24, 2.45) is 0 Å². The Bertz CT molecular complexity index is 1240. The van der Waals surface area contributed by atoms with E-state index in [0.29, 0.717) is 30.8 Å². The molecule has 2 aromatic heterocycles. The quantitative estimate of drug-likeness (QED) is 0.362. The molecule has 0 unspecified atom stereocenters. The minimum Gasteiger partial charge on any atom is -0.482 e. The molecule has 2 aromatic carbocycles. The van der Waals surface area contributed by atoms with E-state index in [0.717, 1.165) is 22.8 Å². The number of aliphatic hydroxyl groups is 1. The lowest BCUT2D eigenvalue weighted by Gasteiger charge is -2.08. The number of ether oxygens (including phenoxy) is 1. The van der Waals surface area contributed by atoms with Gasteiger partial charge in [-0.25, -0.2) is 0 Å². The number of rotatable bonds is 10. The van der Waals surface area contributed by atoms with E-state index < -0.39 is 0 Å². The molecule has 2 N–H and O–H groups in total. The molecular weight excluding hydrogens is 420 g/mol. The van der Waals surface area contributed by atoms with Crippen molar-refractivity contribution in [3.8, 4) is 5.75 Å². The first-order chi connectivity index (χ1) is 16.1. The first kappa shape index (κ1) is 22.4. The summed E-state index contributed by atoms with van der Waals surface area (Å²) in [6.45, 7) is 1.28. The van der Waals surface area contributed by atoms with Crippen LogP contribution < -0.4 is 15.5 Å². The standard InChI is InChI=1S/C26H26N2O5/c29-12-4-3-11-27-26(31)20-9-7-19(8-10-20)17-33-25-18-32-23(13-24(25)30)16-28-14-21-5-1-2-6-22(21)15-28/h1-2,5-10,13-15,18,29H,3-4,11-12,16-17H2,(H,27,31). The zero-order chi connectivity index (χ0) is 23.0. The minimum absolute atomic E-state index is 0.121. The molecular formula is C26H26N2O5. The van der Waals surface area contributed by atoms with Crippen LogP contribution in [-0.4, -0.2) is 28.7 Å². The van der Waals surface area contributed by atoms with E-state index in [1.807, 2.05) is 41.2 Å². The van der Waals surface area contributed by atoms with Gasteiger partial charge in [0.25, 0.3) is 5.91 Å². The summed E-state index contributed by atoms with van der Waals surface area (Å²) in [4.78, 5) is 24.5. The Morgan fingerprint density at radius 1 is 1.03 bits per heavy atom. The van der Waals surface area contributed by atoms with E-state index >= 15 is 0 Å². The summed E-state index contributed by atoms with van der Waals surface area (Å²) in [5.41, 5.74) is 1.13. The summed E-state index contributed by atoms with van der Waals surface area (Å²) in [6, 6.07) is 16.5. The summed E-state index contributed by atoms with van der Waals surface area (Å²) in [6.07, 6.45) is 6.76. The van der Waals surface area contributed by atoms with E-state index in [2.05, 4.69) is 5.32 Å². The first-order valence-corrected chi connectivity index (χ1v) is 10.9. The molecule has 7 nitrogen and oxygen atoms in total. The number of aliphatic hydroxyl groups excluding tert-OH is 1. The van der Waals surface area contributed by atoms with Crippen LogP contribution in [0, 0.1) is 0 Å². The number of hydrogen-bond acceptors (Lipinski definition) is 5. The zero-order valence-corrected chi connectivity index (χ0v) is 18.2. The van der Waals surface area contributed by atoms with Crippen LogP contribution in [0.5, 0.6) is 5.75 Å². The monoisotopic (exact) mass is 446 g/mol. The number of unbranched alkanes of at least 4 members (excludes halogenated alkanes) is 1. The van der Waals surface area contributed by atoms with E-state index in [4.69, 9.17) is 14.3 Å². The van der Waals surface area contributed by atoms with Crippen molar-refractivity contribution < 1.29 is 19.1 Å². The lowest BCUT2D eigenvalue weighted by atomic mass is 10.1. The van der Waals surface area contributed by atoms with Crippen LogP contribution in [-0.2, 0) is 13.2 Å². The summed E-state index contributed by atoms with van der Waals surface area (Å²) in [7, 11) is 0. The third-order valence-electron chi connectivity index (χ3n) is 5.28. The van der Waals surface area contributed by atoms with Crippen LogP contribution in [0.25, 0.3) is 10.8 Å². The van der Waals surface area contributed by atoms with E-state index in [1.165, 1.54) is 12.3 Å². The Kier molecular flexibility index (Phi) is 7.22. The van der Waals surface area contributed by atoms with Gasteiger partial charge in [0.1, 0.15) is 18.6 Å². The maximum atomic E-state index is 12.5. The Morgan fingerprint density at radius 2 is 1.76 bits per heavy atom. The zero-order valence-electron chi connectivity index (χ0n) is 18.2. The molecule has 0 saturated heterocycles. The molecule has 1 amide bonds. The van der Waals surface area contributed by atoms with Gasteiger partial charge in [-0.3, -0.25) is 9.59 Å². The number of fused-ring (bicyclic) bond motifs is 1. The molecule has 0 aliphatic heterocycles. The second-order valence-corrected chi connectivity index (χ2v) is 7.81. The van der Waals surface area contributed by atoms with E-state index in [9.17, 15) is 9.59 Å². The van der Waals surface area contributed by atoms with Crippen LogP contribution >= 0.6 is 0 Å². The van der Waals surface area contributed by atoms with Crippen molar-refractivity contribution in [1.82, 2.24) is 9.88 Å². The normalized spacial score (nSPS) is 10.9. The lowest BCUT2D eigenvalue weighted by Crippen LogP contribution is -2.24. The molecule has 0 aliphatic carbocycles. The minimum atomic E-state index is -0.244. The molecule has 0 saturated carbocycles. The fourth-order valence-corrected chi connectivity index (χ4v) is 3.49.